The second-order valence-corrected chi connectivity index (χ2v) is 6.08. The molecule has 0 unspecified atom stereocenters. The fourth-order valence-electron chi connectivity index (χ4n) is 2.40. The third-order valence-electron chi connectivity index (χ3n) is 3.27. The Morgan fingerprint density at radius 3 is 2.42 bits per heavy atom. The van der Waals surface area contributed by atoms with Crippen LogP contribution in [0.3, 0.4) is 0 Å². The molecule has 1 N–H and O–H groups in total. The van der Waals surface area contributed by atoms with E-state index >= 15 is 0 Å². The Hall–Kier alpha value is -1.26. The minimum atomic E-state index is -0.503. The molecule has 5 heteroatoms. The van der Waals surface area contributed by atoms with Crippen LogP contribution in [-0.4, -0.2) is 30.8 Å². The van der Waals surface area contributed by atoms with Crippen molar-refractivity contribution < 1.29 is 19.1 Å². The number of nitrogens with one attached hydrogen (secondary N) is 1. The van der Waals surface area contributed by atoms with Gasteiger partial charge in [0.05, 0.1) is 13.5 Å². The number of ether oxygens (including phenoxy) is 2. The maximum absolute atomic E-state index is 11.8. The number of alkyl carbamates (subject to hydrolysis) is 1. The lowest BCUT2D eigenvalue weighted by molar-refractivity contribution is -0.142. The molecule has 1 amide bonds. The van der Waals surface area contributed by atoms with Crippen LogP contribution >= 0.6 is 0 Å². The van der Waals surface area contributed by atoms with Gasteiger partial charge in [0.15, 0.2) is 0 Å². The van der Waals surface area contributed by atoms with E-state index in [9.17, 15) is 9.59 Å². The van der Waals surface area contributed by atoms with Gasteiger partial charge in [0, 0.05) is 6.04 Å². The Morgan fingerprint density at radius 2 is 1.84 bits per heavy atom. The van der Waals surface area contributed by atoms with Gasteiger partial charge in [0.2, 0.25) is 0 Å². The first-order chi connectivity index (χ1) is 8.81. The second-order valence-electron chi connectivity index (χ2n) is 6.08. The monoisotopic (exact) mass is 271 g/mol. The summed E-state index contributed by atoms with van der Waals surface area (Å²) >= 11 is 0. The minimum Gasteiger partial charge on any atom is -0.469 e. The van der Waals surface area contributed by atoms with Crippen molar-refractivity contribution in [1.82, 2.24) is 5.32 Å². The quantitative estimate of drug-likeness (QED) is 0.801. The zero-order valence-corrected chi connectivity index (χ0v) is 12.3. The van der Waals surface area contributed by atoms with E-state index in [1.807, 2.05) is 20.8 Å². The molecule has 19 heavy (non-hydrogen) atoms. The largest absolute Gasteiger partial charge is 0.469 e. The summed E-state index contributed by atoms with van der Waals surface area (Å²) in [5, 5.41) is 2.89. The maximum Gasteiger partial charge on any atom is 0.407 e. The summed E-state index contributed by atoms with van der Waals surface area (Å²) in [6.45, 7) is 5.50. The molecule has 1 rings (SSSR count). The van der Waals surface area contributed by atoms with Gasteiger partial charge in [-0.05, 0) is 39.5 Å². The average Bonchev–Trinajstić information content (AvgIpc) is 2.29. The number of hydrogen-bond donors (Lipinski definition) is 1. The molecule has 0 radical (unpaired) electrons. The van der Waals surface area contributed by atoms with Crippen molar-refractivity contribution in [2.24, 2.45) is 5.92 Å². The van der Waals surface area contributed by atoms with Crippen LogP contribution in [0.5, 0.6) is 0 Å². The third-order valence-corrected chi connectivity index (χ3v) is 3.27. The van der Waals surface area contributed by atoms with E-state index in [1.54, 1.807) is 0 Å². The van der Waals surface area contributed by atoms with Crippen LogP contribution in [0.1, 0.15) is 52.9 Å². The van der Waals surface area contributed by atoms with Crippen LogP contribution in [0.2, 0.25) is 0 Å². The Balaban J connectivity index is 2.52. The maximum atomic E-state index is 11.8. The first kappa shape index (κ1) is 15.8. The van der Waals surface area contributed by atoms with E-state index < -0.39 is 11.7 Å². The SMILES string of the molecule is COC(=O)C[C@H]1CCCC[C@H]1NC(=O)OC(C)(C)C. The van der Waals surface area contributed by atoms with E-state index in [0.717, 1.165) is 25.7 Å². The third kappa shape index (κ3) is 5.94. The number of amides is 1. The van der Waals surface area contributed by atoms with Gasteiger partial charge < -0.3 is 14.8 Å². The Kier molecular flexibility index (Phi) is 5.63. The summed E-state index contributed by atoms with van der Waals surface area (Å²) in [5.41, 5.74) is -0.503. The average molecular weight is 271 g/mol. The molecule has 0 aromatic carbocycles. The summed E-state index contributed by atoms with van der Waals surface area (Å²) in [4.78, 5) is 23.2. The van der Waals surface area contributed by atoms with Crippen LogP contribution < -0.4 is 5.32 Å². The molecule has 2 atom stereocenters. The number of esters is 1. The molecule has 0 spiro atoms. The molecule has 1 saturated carbocycles. The number of rotatable bonds is 3. The predicted octanol–water partition coefficient (Wildman–Crippen LogP) is 2.63. The molecule has 0 bridgehead atoms. The highest BCUT2D eigenvalue weighted by atomic mass is 16.6. The number of methoxy groups -OCH3 is 1. The molecule has 0 heterocycles. The normalized spacial score (nSPS) is 23.6. The van der Waals surface area contributed by atoms with E-state index in [4.69, 9.17) is 9.47 Å². The van der Waals surface area contributed by atoms with Gasteiger partial charge in [-0.1, -0.05) is 12.8 Å². The summed E-state index contributed by atoms with van der Waals surface area (Å²) in [7, 11) is 1.39. The van der Waals surface area contributed by atoms with Crippen molar-refractivity contribution in [3.63, 3.8) is 0 Å². The van der Waals surface area contributed by atoms with Crippen molar-refractivity contribution in [2.45, 2.75) is 64.5 Å². The van der Waals surface area contributed by atoms with Crippen LogP contribution in [0.4, 0.5) is 4.79 Å². The van der Waals surface area contributed by atoms with Gasteiger partial charge in [0.25, 0.3) is 0 Å². The Morgan fingerprint density at radius 1 is 1.21 bits per heavy atom. The van der Waals surface area contributed by atoms with Gasteiger partial charge in [-0.3, -0.25) is 4.79 Å². The molecular weight excluding hydrogens is 246 g/mol. The van der Waals surface area contributed by atoms with Crippen LogP contribution in [-0.2, 0) is 14.3 Å². The number of hydrogen-bond acceptors (Lipinski definition) is 4. The number of carbonyl (C=O) groups is 2. The van der Waals surface area contributed by atoms with E-state index in [0.29, 0.717) is 6.42 Å². The lowest BCUT2D eigenvalue weighted by atomic mass is 9.82. The lowest BCUT2D eigenvalue weighted by Gasteiger charge is -2.32. The fraction of sp³-hybridized carbons (Fsp3) is 0.857. The van der Waals surface area contributed by atoms with E-state index in [-0.39, 0.29) is 17.9 Å². The Labute approximate surface area is 115 Å². The molecule has 0 aromatic rings. The molecule has 0 aromatic heterocycles. The van der Waals surface area contributed by atoms with Crippen molar-refractivity contribution in [1.29, 1.82) is 0 Å². The summed E-state index contributed by atoms with van der Waals surface area (Å²) in [5.74, 6) is -0.0726. The van der Waals surface area contributed by atoms with E-state index in [1.165, 1.54) is 7.11 Å². The fourth-order valence-corrected chi connectivity index (χ4v) is 2.40. The van der Waals surface area contributed by atoms with Gasteiger partial charge in [-0.15, -0.1) is 0 Å². The zero-order chi connectivity index (χ0) is 14.5. The lowest BCUT2D eigenvalue weighted by Crippen LogP contribution is -2.45. The topological polar surface area (TPSA) is 64.6 Å². The van der Waals surface area contributed by atoms with Crippen molar-refractivity contribution >= 4 is 12.1 Å². The molecule has 110 valence electrons. The molecule has 0 saturated heterocycles. The van der Waals surface area contributed by atoms with Gasteiger partial charge in [0.1, 0.15) is 5.60 Å². The standard InChI is InChI=1S/C14H25NO4/c1-14(2,3)19-13(17)15-11-8-6-5-7-10(11)9-12(16)18-4/h10-11H,5-9H2,1-4H3,(H,15,17)/t10-,11-/m1/s1. The van der Waals surface area contributed by atoms with Crippen molar-refractivity contribution in [3.8, 4) is 0 Å². The number of carbonyl (C=O) groups excluding carboxylic acids is 2. The highest BCUT2D eigenvalue weighted by Gasteiger charge is 2.30. The first-order valence-corrected chi connectivity index (χ1v) is 6.88. The van der Waals surface area contributed by atoms with Gasteiger partial charge >= 0.3 is 12.1 Å². The Bertz CT molecular complexity index is 322. The smallest absolute Gasteiger partial charge is 0.407 e. The highest BCUT2D eigenvalue weighted by molar-refractivity contribution is 5.70. The van der Waals surface area contributed by atoms with Crippen molar-refractivity contribution in [2.75, 3.05) is 7.11 Å². The minimum absolute atomic E-state index is 0.00250. The predicted molar refractivity (Wildman–Crippen MR) is 71.7 cm³/mol. The molecule has 0 aliphatic heterocycles. The molecule has 1 aliphatic rings. The molecule has 1 fully saturated rings. The van der Waals surface area contributed by atoms with Gasteiger partial charge in [-0.25, -0.2) is 4.79 Å². The molecular formula is C14H25NO4. The molecule has 1 aliphatic carbocycles. The van der Waals surface area contributed by atoms with E-state index in [2.05, 4.69) is 5.32 Å². The van der Waals surface area contributed by atoms with Crippen LogP contribution in [0, 0.1) is 5.92 Å². The van der Waals surface area contributed by atoms with Crippen molar-refractivity contribution in [3.05, 3.63) is 0 Å². The van der Waals surface area contributed by atoms with Gasteiger partial charge in [-0.2, -0.15) is 0 Å². The van der Waals surface area contributed by atoms with Crippen LogP contribution in [0.25, 0.3) is 0 Å². The zero-order valence-electron chi connectivity index (χ0n) is 12.3. The summed E-state index contributed by atoms with van der Waals surface area (Å²) in [6.07, 6.45) is 3.94. The first-order valence-electron chi connectivity index (χ1n) is 6.88. The summed E-state index contributed by atoms with van der Waals surface area (Å²) < 4.78 is 9.96. The second kappa shape index (κ2) is 6.78. The highest BCUT2D eigenvalue weighted by Crippen LogP contribution is 2.27. The van der Waals surface area contributed by atoms with Crippen LogP contribution in [0.15, 0.2) is 0 Å². The summed E-state index contributed by atoms with van der Waals surface area (Å²) in [6, 6.07) is 0.00250. The molecule has 5 nitrogen and oxygen atoms in total.